The maximum Gasteiger partial charge on any atom is 0.332 e. The minimum absolute atomic E-state index is 0.0803. The van der Waals surface area contributed by atoms with Crippen LogP contribution in [0.1, 0.15) is 73.4 Å². The Morgan fingerprint density at radius 1 is 0.878 bits per heavy atom. The predicted octanol–water partition coefficient (Wildman–Crippen LogP) is 4.46. The van der Waals surface area contributed by atoms with E-state index in [0.29, 0.717) is 65.2 Å². The summed E-state index contributed by atoms with van der Waals surface area (Å²) in [6.45, 7) is 17.1. The van der Waals surface area contributed by atoms with Gasteiger partial charge >= 0.3 is 5.97 Å². The molecule has 1 amide bonds. The third-order valence-electron chi connectivity index (χ3n) is 7.37. The minimum Gasteiger partial charge on any atom is -0.491 e. The molecule has 268 valence electrons. The van der Waals surface area contributed by atoms with Crippen LogP contribution in [0.15, 0.2) is 29.3 Å². The number of thiophene rings is 1. The van der Waals surface area contributed by atoms with Gasteiger partial charge in [-0.15, -0.1) is 21.5 Å². The lowest BCUT2D eigenvalue weighted by atomic mass is 9.99. The number of hydrogen-bond donors (Lipinski definition) is 1. The van der Waals surface area contributed by atoms with Gasteiger partial charge in [-0.25, -0.2) is 4.79 Å². The van der Waals surface area contributed by atoms with Gasteiger partial charge in [-0.3, -0.25) is 14.4 Å². The molecule has 3 heterocycles. The van der Waals surface area contributed by atoms with Gasteiger partial charge in [0, 0.05) is 22.5 Å². The monoisotopic (exact) mass is 699 g/mol. The van der Waals surface area contributed by atoms with Crippen molar-refractivity contribution in [1.82, 2.24) is 20.1 Å². The molecule has 0 radical (unpaired) electrons. The first-order valence-electron chi connectivity index (χ1n) is 16.6. The summed E-state index contributed by atoms with van der Waals surface area (Å²) < 4.78 is 35.0. The van der Waals surface area contributed by atoms with Gasteiger partial charge in [-0.2, -0.15) is 0 Å². The van der Waals surface area contributed by atoms with Crippen molar-refractivity contribution in [3.63, 3.8) is 0 Å². The molecule has 0 spiro atoms. The zero-order chi connectivity index (χ0) is 35.4. The highest BCUT2D eigenvalue weighted by Crippen LogP contribution is 2.39. The number of hydrogen-bond acceptors (Lipinski definition) is 12. The largest absolute Gasteiger partial charge is 0.491 e. The Labute approximate surface area is 292 Å². The van der Waals surface area contributed by atoms with Crippen molar-refractivity contribution in [3.05, 3.63) is 57.5 Å². The van der Waals surface area contributed by atoms with E-state index in [1.54, 1.807) is 11.3 Å². The number of carbonyl (C=O) groups excluding carboxylic acids is 2. The van der Waals surface area contributed by atoms with Gasteiger partial charge < -0.3 is 33.7 Å². The highest BCUT2D eigenvalue weighted by molar-refractivity contribution is 7.15. The molecule has 1 N–H and O–H groups in total. The van der Waals surface area contributed by atoms with Crippen LogP contribution in [0.25, 0.3) is 5.00 Å². The standard InChI is InChI=1S/C35H49N5O8S/c1-8-36-29(41)21-28-33-39-38-25(4)40(33)34-31(23(2)24(3)49-34)32(37-28)26-9-11-27(12-10-26)47-20-19-45-16-15-43-13-14-44-17-18-46-22-30(42)48-35(5,6)7/h9-12,28H,8,13-22H2,1-7H3,(H,36,41)/t28-/m0/s1. The van der Waals surface area contributed by atoms with Gasteiger partial charge in [-0.1, -0.05) is 0 Å². The Balaban J connectivity index is 1.20. The molecule has 0 unspecified atom stereocenters. The molecule has 1 aliphatic heterocycles. The third kappa shape index (κ3) is 11.2. The third-order valence-corrected chi connectivity index (χ3v) is 8.56. The molecule has 1 aliphatic rings. The Morgan fingerprint density at radius 2 is 1.49 bits per heavy atom. The van der Waals surface area contributed by atoms with Gasteiger partial charge in [0.05, 0.1) is 58.4 Å². The summed E-state index contributed by atoms with van der Waals surface area (Å²) in [5, 5.41) is 12.7. The molecule has 0 fully saturated rings. The van der Waals surface area contributed by atoms with Crippen molar-refractivity contribution in [2.24, 2.45) is 4.99 Å². The molecule has 4 rings (SSSR count). The average molecular weight is 700 g/mol. The molecular weight excluding hydrogens is 650 g/mol. The number of aryl methyl sites for hydroxylation is 2. The van der Waals surface area contributed by atoms with Crippen LogP contribution in [0.3, 0.4) is 0 Å². The van der Waals surface area contributed by atoms with E-state index in [1.165, 1.54) is 4.88 Å². The van der Waals surface area contributed by atoms with Crippen LogP contribution in [0, 0.1) is 20.8 Å². The van der Waals surface area contributed by atoms with Crippen LogP contribution in [0.5, 0.6) is 5.75 Å². The smallest absolute Gasteiger partial charge is 0.332 e. The fourth-order valence-corrected chi connectivity index (χ4v) is 6.30. The number of aromatic nitrogens is 3. The number of ether oxygens (including phenoxy) is 6. The Hall–Kier alpha value is -3.69. The molecule has 3 aromatic rings. The van der Waals surface area contributed by atoms with Gasteiger partial charge in [0.1, 0.15) is 41.4 Å². The summed E-state index contributed by atoms with van der Waals surface area (Å²) in [5.41, 5.74) is 3.41. The van der Waals surface area contributed by atoms with E-state index in [1.807, 2.05) is 63.5 Å². The summed E-state index contributed by atoms with van der Waals surface area (Å²) in [6, 6.07) is 7.36. The first-order chi connectivity index (χ1) is 23.5. The summed E-state index contributed by atoms with van der Waals surface area (Å²) in [6.07, 6.45) is 0.177. The van der Waals surface area contributed by atoms with Crippen LogP contribution in [-0.4, -0.2) is 104 Å². The van der Waals surface area contributed by atoms with Crippen LogP contribution in [0.2, 0.25) is 0 Å². The van der Waals surface area contributed by atoms with E-state index in [-0.39, 0.29) is 18.9 Å². The second-order valence-corrected chi connectivity index (χ2v) is 13.6. The maximum atomic E-state index is 12.7. The maximum absolute atomic E-state index is 12.7. The van der Waals surface area contributed by atoms with E-state index < -0.39 is 17.6 Å². The number of amides is 1. The molecule has 0 aliphatic carbocycles. The fourth-order valence-electron chi connectivity index (χ4n) is 5.08. The number of benzene rings is 1. The number of fused-ring (bicyclic) bond motifs is 3. The van der Waals surface area contributed by atoms with Gasteiger partial charge in [0.2, 0.25) is 5.91 Å². The number of carbonyl (C=O) groups is 2. The van der Waals surface area contributed by atoms with E-state index in [4.69, 9.17) is 33.4 Å². The van der Waals surface area contributed by atoms with Gasteiger partial charge in [0.25, 0.3) is 0 Å². The van der Waals surface area contributed by atoms with E-state index in [2.05, 4.69) is 29.4 Å². The second-order valence-electron chi connectivity index (χ2n) is 12.4. The highest BCUT2D eigenvalue weighted by Gasteiger charge is 2.32. The first kappa shape index (κ1) is 38.1. The number of aliphatic imine (C=N–C) groups is 1. The topological polar surface area (TPSA) is 145 Å². The SMILES string of the molecule is CCNC(=O)C[C@@H]1N=C(c2ccc(OCCOCCOCCOCCOCC(=O)OC(C)(C)C)cc2)c2c(sc(C)c2C)-n2c(C)nnc21. The van der Waals surface area contributed by atoms with Crippen LogP contribution >= 0.6 is 11.3 Å². The molecule has 0 saturated carbocycles. The zero-order valence-electron chi connectivity index (χ0n) is 29.6. The first-order valence-corrected chi connectivity index (χ1v) is 17.4. The normalized spacial score (nSPS) is 14.1. The predicted molar refractivity (Wildman–Crippen MR) is 186 cm³/mol. The number of nitrogens with zero attached hydrogens (tertiary/aromatic N) is 4. The quantitative estimate of drug-likeness (QED) is 0.141. The molecule has 2 aromatic heterocycles. The molecule has 1 atom stereocenters. The summed E-state index contributed by atoms with van der Waals surface area (Å²) in [7, 11) is 0. The lowest BCUT2D eigenvalue weighted by Crippen LogP contribution is -2.27. The molecule has 49 heavy (non-hydrogen) atoms. The van der Waals surface area contributed by atoms with Crippen LogP contribution < -0.4 is 10.1 Å². The summed E-state index contributed by atoms with van der Waals surface area (Å²) in [5.74, 6) is 1.67. The number of esters is 1. The molecule has 1 aromatic carbocycles. The van der Waals surface area contributed by atoms with Crippen LogP contribution in [-0.2, 0) is 33.3 Å². The highest BCUT2D eigenvalue weighted by atomic mass is 32.1. The second kappa shape index (κ2) is 18.3. The van der Waals surface area contributed by atoms with Crippen molar-refractivity contribution >= 4 is 28.9 Å². The van der Waals surface area contributed by atoms with E-state index in [0.717, 1.165) is 39.0 Å². The van der Waals surface area contributed by atoms with Crippen molar-refractivity contribution in [1.29, 1.82) is 0 Å². The van der Waals surface area contributed by atoms with Crippen molar-refractivity contribution in [3.8, 4) is 10.8 Å². The summed E-state index contributed by atoms with van der Waals surface area (Å²) >= 11 is 1.68. The lowest BCUT2D eigenvalue weighted by molar-refractivity contribution is -0.160. The number of rotatable bonds is 19. The number of nitrogens with one attached hydrogen (secondary N) is 1. The zero-order valence-corrected chi connectivity index (χ0v) is 30.4. The van der Waals surface area contributed by atoms with Crippen molar-refractivity contribution in [2.45, 2.75) is 66.5 Å². The van der Waals surface area contributed by atoms with Crippen LogP contribution in [0.4, 0.5) is 0 Å². The fraction of sp³-hybridized carbons (Fsp3) is 0.571. The Bertz CT molecular complexity index is 1560. The summed E-state index contributed by atoms with van der Waals surface area (Å²) in [4.78, 5) is 30.6. The average Bonchev–Trinajstić information content (AvgIpc) is 3.52. The van der Waals surface area contributed by atoms with E-state index in [9.17, 15) is 9.59 Å². The molecule has 0 saturated heterocycles. The molecule has 0 bridgehead atoms. The molecular formula is C35H49N5O8S. The van der Waals surface area contributed by atoms with E-state index >= 15 is 0 Å². The van der Waals surface area contributed by atoms with Gasteiger partial charge in [0.15, 0.2) is 5.82 Å². The molecule has 13 nitrogen and oxygen atoms in total. The van der Waals surface area contributed by atoms with Crippen molar-refractivity contribution < 1.29 is 38.0 Å². The lowest BCUT2D eigenvalue weighted by Gasteiger charge is -2.19. The minimum atomic E-state index is -0.523. The molecule has 14 heteroatoms. The Kier molecular flexibility index (Phi) is 14.3. The Morgan fingerprint density at radius 3 is 2.10 bits per heavy atom. The van der Waals surface area contributed by atoms with Crippen molar-refractivity contribution in [2.75, 3.05) is 66.0 Å². The van der Waals surface area contributed by atoms with Gasteiger partial charge in [-0.05, 0) is 78.3 Å².